The first kappa shape index (κ1) is 67.8. The van der Waals surface area contributed by atoms with Gasteiger partial charge in [-0.1, -0.05) is 78.9 Å². The molecule has 474 valence electrons. The molecule has 17 N–H and O–H groups in total. The van der Waals surface area contributed by atoms with Crippen molar-refractivity contribution < 1.29 is 78.0 Å². The minimum atomic E-state index is -1.92. The second-order valence-electron chi connectivity index (χ2n) is 21.4. The van der Waals surface area contributed by atoms with Crippen molar-refractivity contribution in [3.05, 3.63) is 108 Å². The van der Waals surface area contributed by atoms with Gasteiger partial charge in [0.1, 0.15) is 54.4 Å². The van der Waals surface area contributed by atoms with Gasteiger partial charge in [-0.3, -0.25) is 52.7 Å². The van der Waals surface area contributed by atoms with E-state index >= 15 is 0 Å². The lowest BCUT2D eigenvalue weighted by Crippen LogP contribution is -2.61. The fraction of sp³-hybridized carbons (Fsp3) is 0.458. The number of hydrogen-bond donors (Lipinski definition) is 15. The molecule has 29 heteroatoms. The molecule has 3 heterocycles. The maximum atomic E-state index is 14.9. The standard InChI is InChI=1S/C59H77N13O16/c60-22-10-9-19-40(59(87)88)66-52(80)41(25-34-13-3-1-4-14-34)65-48(75)30-63-56(84)46-20-12-24-72(46)58(86)44(27-36-29-62-39-18-8-7-17-37(36)39)69-54(82)43(28-50(77)78)68-53(81)42(26-35-15-5-2-6-16-35)67-55(83)45(33-74)70-57(85)47-21-11-23-71(47)49(76)31-64-51(79)38(61)32-73/h1-8,13-18,29,38,40-47,62,73-74H,9-12,19-28,30-33,60-61H2,(H,63,84)(H,64,79)(H,65,75)(H,66,80)(H,67,83)(H,68,81)(H,69,82)(H,70,85)(H,77,78)(H,87,88)/t38-,40-,41-,42-,43-,44-,45-,46-,47-/m0/s1. The lowest BCUT2D eigenvalue weighted by Gasteiger charge is -2.30. The van der Waals surface area contributed by atoms with E-state index in [1.165, 1.54) is 9.80 Å². The molecule has 0 unspecified atom stereocenters. The van der Waals surface area contributed by atoms with E-state index in [2.05, 4.69) is 47.5 Å². The van der Waals surface area contributed by atoms with Crippen LogP contribution in [-0.4, -0.2) is 207 Å². The second kappa shape index (κ2) is 33.5. The summed E-state index contributed by atoms with van der Waals surface area (Å²) in [5.74, 6) is -11.6. The number of carbonyl (C=O) groups is 12. The summed E-state index contributed by atoms with van der Waals surface area (Å²) in [5.41, 5.74) is 13.4. The average Bonchev–Trinajstić information content (AvgIpc) is 4.33. The molecule has 0 saturated carbocycles. The van der Waals surface area contributed by atoms with Crippen LogP contribution in [0.2, 0.25) is 0 Å². The zero-order chi connectivity index (χ0) is 63.9. The van der Waals surface area contributed by atoms with Crippen LogP contribution in [0, 0.1) is 0 Å². The highest BCUT2D eigenvalue weighted by atomic mass is 16.4. The molecule has 6 rings (SSSR count). The van der Waals surface area contributed by atoms with Gasteiger partial charge < -0.3 is 89.2 Å². The third-order valence-corrected chi connectivity index (χ3v) is 15.0. The van der Waals surface area contributed by atoms with Crippen LogP contribution in [0.4, 0.5) is 0 Å². The third-order valence-electron chi connectivity index (χ3n) is 15.0. The molecular formula is C59H77N13O16. The number of fused-ring (bicyclic) bond motifs is 1. The van der Waals surface area contributed by atoms with Gasteiger partial charge in [-0.2, -0.15) is 0 Å². The molecule has 10 amide bonds. The van der Waals surface area contributed by atoms with Gasteiger partial charge in [0, 0.05) is 49.5 Å². The SMILES string of the molecule is NCCCC[C@H](NC(=O)[C@H](Cc1ccccc1)NC(=O)CNC(=O)[C@@H]1CCCN1C(=O)[C@H](Cc1c[nH]c2ccccc12)NC(=O)[C@H](CC(=O)O)NC(=O)[C@H](Cc1ccccc1)NC(=O)[C@H](CO)NC(=O)[C@@H]1CCCN1C(=O)CNC(=O)[C@@H](N)CO)C(=O)O. The maximum Gasteiger partial charge on any atom is 0.326 e. The van der Waals surface area contributed by atoms with Gasteiger partial charge in [0.05, 0.1) is 32.7 Å². The number of aliphatic hydroxyl groups excluding tert-OH is 2. The van der Waals surface area contributed by atoms with Gasteiger partial charge in [0.25, 0.3) is 0 Å². The molecule has 2 saturated heterocycles. The number of nitrogens with one attached hydrogen (secondary N) is 9. The molecule has 0 spiro atoms. The minimum absolute atomic E-state index is 0.00253. The van der Waals surface area contributed by atoms with E-state index in [4.69, 9.17) is 16.6 Å². The van der Waals surface area contributed by atoms with Gasteiger partial charge >= 0.3 is 11.9 Å². The number of aliphatic hydroxyl groups is 2. The summed E-state index contributed by atoms with van der Waals surface area (Å²) in [6, 6.07) is 10.9. The Bertz CT molecular complexity index is 3110. The Hall–Kier alpha value is -9.32. The minimum Gasteiger partial charge on any atom is -0.481 e. The summed E-state index contributed by atoms with van der Waals surface area (Å²) in [4.78, 5) is 168. The van der Waals surface area contributed by atoms with Crippen LogP contribution in [0.1, 0.15) is 68.1 Å². The number of likely N-dealkylation sites (tertiary alicyclic amines) is 2. The Labute approximate surface area is 505 Å². The first-order valence-electron chi connectivity index (χ1n) is 28.9. The highest BCUT2D eigenvalue weighted by Gasteiger charge is 2.41. The van der Waals surface area contributed by atoms with E-state index in [-0.39, 0.29) is 51.6 Å². The summed E-state index contributed by atoms with van der Waals surface area (Å²) in [5, 5.41) is 59.9. The normalized spacial score (nSPS) is 17.0. The van der Waals surface area contributed by atoms with Crippen molar-refractivity contribution in [3.63, 3.8) is 0 Å². The molecule has 9 atom stereocenters. The third kappa shape index (κ3) is 19.6. The molecule has 2 aliphatic heterocycles. The van der Waals surface area contributed by atoms with Gasteiger partial charge in [-0.05, 0) is 74.2 Å². The number of aromatic amines is 1. The number of carboxylic acids is 2. The van der Waals surface area contributed by atoms with E-state index < -0.39 is 158 Å². The van der Waals surface area contributed by atoms with Crippen LogP contribution in [0.5, 0.6) is 0 Å². The topological polar surface area (TPSA) is 456 Å². The summed E-state index contributed by atoms with van der Waals surface area (Å²) < 4.78 is 0. The zero-order valence-electron chi connectivity index (χ0n) is 48.3. The number of H-pyrrole nitrogens is 1. The maximum absolute atomic E-state index is 14.9. The highest BCUT2D eigenvalue weighted by Crippen LogP contribution is 2.24. The van der Waals surface area contributed by atoms with Crippen LogP contribution >= 0.6 is 0 Å². The monoisotopic (exact) mass is 1220 g/mol. The molecule has 1 aromatic heterocycles. The van der Waals surface area contributed by atoms with Crippen molar-refractivity contribution in [1.82, 2.24) is 57.3 Å². The van der Waals surface area contributed by atoms with E-state index in [0.717, 1.165) is 0 Å². The van der Waals surface area contributed by atoms with E-state index in [0.29, 0.717) is 59.8 Å². The Morgan fingerprint density at radius 2 is 1.10 bits per heavy atom. The van der Waals surface area contributed by atoms with E-state index in [9.17, 15) is 72.9 Å². The highest BCUT2D eigenvalue weighted by molar-refractivity contribution is 6.00. The Morgan fingerprint density at radius 1 is 0.557 bits per heavy atom. The first-order chi connectivity index (χ1) is 42.2. The van der Waals surface area contributed by atoms with Crippen molar-refractivity contribution in [2.24, 2.45) is 11.5 Å². The summed E-state index contributed by atoms with van der Waals surface area (Å²) in [7, 11) is 0. The van der Waals surface area contributed by atoms with Crippen LogP contribution in [-0.2, 0) is 76.8 Å². The molecule has 2 fully saturated rings. The number of aromatic nitrogens is 1. The Kier molecular flexibility index (Phi) is 25.8. The number of hydrogen-bond acceptors (Lipinski definition) is 16. The molecule has 4 aromatic rings. The molecule has 0 radical (unpaired) electrons. The quantitative estimate of drug-likeness (QED) is 0.0204. The summed E-state index contributed by atoms with van der Waals surface area (Å²) in [6.07, 6.45) is 2.00. The fourth-order valence-corrected chi connectivity index (χ4v) is 10.4. The van der Waals surface area contributed by atoms with Crippen molar-refractivity contribution in [1.29, 1.82) is 0 Å². The van der Waals surface area contributed by atoms with E-state index in [1.54, 1.807) is 91.1 Å². The predicted molar refractivity (Wildman–Crippen MR) is 314 cm³/mol. The number of aliphatic carboxylic acids is 2. The number of unbranched alkanes of at least 4 members (excludes halogenated alkanes) is 1. The van der Waals surface area contributed by atoms with Crippen molar-refractivity contribution in [2.75, 3.05) is 45.9 Å². The molecule has 3 aromatic carbocycles. The number of benzene rings is 3. The van der Waals surface area contributed by atoms with Gasteiger partial charge in [0.15, 0.2) is 0 Å². The lowest BCUT2D eigenvalue weighted by molar-refractivity contribution is -0.143. The van der Waals surface area contributed by atoms with E-state index in [1.807, 2.05) is 0 Å². The second-order valence-corrected chi connectivity index (χ2v) is 21.4. The zero-order valence-corrected chi connectivity index (χ0v) is 48.3. The van der Waals surface area contributed by atoms with Crippen LogP contribution in [0.15, 0.2) is 91.1 Å². The number of amides is 10. The van der Waals surface area contributed by atoms with Crippen LogP contribution in [0.25, 0.3) is 10.9 Å². The Morgan fingerprint density at radius 3 is 1.70 bits per heavy atom. The number of nitrogens with zero attached hydrogens (tertiary/aromatic N) is 2. The van der Waals surface area contributed by atoms with Gasteiger partial charge in [-0.25, -0.2) is 4.79 Å². The predicted octanol–water partition coefficient (Wildman–Crippen LogP) is -3.68. The lowest BCUT2D eigenvalue weighted by atomic mass is 10.0. The van der Waals surface area contributed by atoms with Crippen molar-refractivity contribution in [2.45, 2.75) is 125 Å². The average molecular weight is 1220 g/mol. The van der Waals surface area contributed by atoms with Crippen LogP contribution in [0.3, 0.4) is 0 Å². The fourth-order valence-electron chi connectivity index (χ4n) is 10.4. The first-order valence-corrected chi connectivity index (χ1v) is 28.9. The largest absolute Gasteiger partial charge is 0.481 e. The summed E-state index contributed by atoms with van der Waals surface area (Å²) in [6.45, 7) is -2.47. The molecule has 29 nitrogen and oxygen atoms in total. The Balaban J connectivity index is 1.17. The summed E-state index contributed by atoms with van der Waals surface area (Å²) >= 11 is 0. The van der Waals surface area contributed by atoms with Gasteiger partial charge in [-0.15, -0.1) is 0 Å². The van der Waals surface area contributed by atoms with Gasteiger partial charge in [0.2, 0.25) is 59.1 Å². The van der Waals surface area contributed by atoms with Crippen molar-refractivity contribution in [3.8, 4) is 0 Å². The molecule has 88 heavy (non-hydrogen) atoms. The smallest absolute Gasteiger partial charge is 0.326 e. The molecule has 0 bridgehead atoms. The van der Waals surface area contributed by atoms with Crippen LogP contribution < -0.4 is 54.0 Å². The number of carbonyl (C=O) groups excluding carboxylic acids is 10. The number of para-hydroxylation sites is 1. The number of nitrogens with two attached hydrogens (primary N) is 2. The number of carboxylic acid groups (broad SMARTS) is 2. The number of rotatable bonds is 33. The molecule has 2 aliphatic rings. The molecular weight excluding hydrogens is 1150 g/mol. The van der Waals surface area contributed by atoms with Crippen molar-refractivity contribution >= 4 is 81.9 Å². The molecule has 0 aliphatic carbocycles.